The molecular weight excluding hydrogens is 639 g/mol. The molecule has 11 rings (SSSR count). The van der Waals surface area contributed by atoms with E-state index in [1.807, 2.05) is 42.5 Å². The molecule has 0 amide bonds. The summed E-state index contributed by atoms with van der Waals surface area (Å²) in [6.45, 7) is 0. The van der Waals surface area contributed by atoms with Gasteiger partial charge in [-0.3, -0.25) is 0 Å². The highest BCUT2D eigenvalue weighted by molar-refractivity contribution is 6.13. The minimum absolute atomic E-state index is 0.0903. The molecule has 0 saturated heterocycles. The highest BCUT2D eigenvalue weighted by atomic mass is 16.3. The SMILES string of the molecule is N#Cc1ccc(-c2nc(-c3ccc4oc5c(-c6cccc7c6-c6ccccc6C76CCCCC6)cccc5c4c3)c3oc4ccccc4c3n2)cc1. The molecule has 0 N–H and O–H groups in total. The normalized spacial score (nSPS) is 14.7. The van der Waals surface area contributed by atoms with Gasteiger partial charge < -0.3 is 8.83 Å². The lowest BCUT2D eigenvalue weighted by atomic mass is 9.68. The van der Waals surface area contributed by atoms with Crippen LogP contribution in [-0.4, -0.2) is 9.97 Å². The molecular formula is C47H31N3O2. The van der Waals surface area contributed by atoms with E-state index in [0.29, 0.717) is 22.7 Å². The summed E-state index contributed by atoms with van der Waals surface area (Å²) in [5.74, 6) is 0.576. The fraction of sp³-hybridized carbons (Fsp3) is 0.128. The second-order valence-corrected chi connectivity index (χ2v) is 14.3. The number of nitriles is 1. The molecule has 0 radical (unpaired) electrons. The summed E-state index contributed by atoms with van der Waals surface area (Å²) in [4.78, 5) is 10.1. The van der Waals surface area contributed by atoms with Gasteiger partial charge >= 0.3 is 0 Å². The average molecular weight is 670 g/mol. The lowest BCUT2D eigenvalue weighted by Crippen LogP contribution is -2.27. The van der Waals surface area contributed by atoms with Gasteiger partial charge in [-0.1, -0.05) is 92.1 Å². The Morgan fingerprint density at radius 1 is 0.558 bits per heavy atom. The van der Waals surface area contributed by atoms with Gasteiger partial charge in [-0.2, -0.15) is 5.26 Å². The second kappa shape index (κ2) is 11.0. The summed E-state index contributed by atoms with van der Waals surface area (Å²) in [6.07, 6.45) is 6.24. The lowest BCUT2D eigenvalue weighted by molar-refractivity contribution is 0.353. The van der Waals surface area contributed by atoms with E-state index in [1.54, 1.807) is 12.1 Å². The number of fused-ring (bicyclic) bond motifs is 11. The summed E-state index contributed by atoms with van der Waals surface area (Å²) in [5, 5.41) is 12.4. The maximum Gasteiger partial charge on any atom is 0.180 e. The van der Waals surface area contributed by atoms with Gasteiger partial charge in [0.05, 0.1) is 11.6 Å². The molecule has 9 aromatic rings. The Morgan fingerprint density at radius 2 is 1.25 bits per heavy atom. The van der Waals surface area contributed by atoms with Crippen LogP contribution in [0.5, 0.6) is 0 Å². The molecule has 3 heterocycles. The molecule has 1 fully saturated rings. The van der Waals surface area contributed by atoms with Crippen LogP contribution in [0.15, 0.2) is 136 Å². The standard InChI is InChI=1S/C47H31N3O2/c48-27-28-18-20-29(21-19-28)46-49-42(45-43(50-46)35-11-3-5-17-39(35)52-45)30-22-23-40-36(26-30)33-14-8-13-32(44(33)51-40)31-12-9-16-38-41(31)34-10-2-4-15-37(34)47(38)24-6-1-7-25-47/h2-5,8-23,26H,1,6-7,24-25H2. The van der Waals surface area contributed by atoms with Crippen molar-refractivity contribution in [1.82, 2.24) is 9.97 Å². The Morgan fingerprint density at radius 3 is 2.13 bits per heavy atom. The van der Waals surface area contributed by atoms with Gasteiger partial charge in [-0.25, -0.2) is 9.97 Å². The first-order chi connectivity index (χ1) is 25.7. The third kappa shape index (κ3) is 4.09. The van der Waals surface area contributed by atoms with Crippen LogP contribution in [0.2, 0.25) is 0 Å². The summed E-state index contributed by atoms with van der Waals surface area (Å²) < 4.78 is 13.2. The molecule has 246 valence electrons. The first kappa shape index (κ1) is 29.2. The predicted molar refractivity (Wildman–Crippen MR) is 207 cm³/mol. The van der Waals surface area contributed by atoms with Crippen molar-refractivity contribution < 1.29 is 8.83 Å². The second-order valence-electron chi connectivity index (χ2n) is 14.3. The van der Waals surface area contributed by atoms with Crippen LogP contribution < -0.4 is 0 Å². The Labute approximate surface area is 299 Å². The van der Waals surface area contributed by atoms with Crippen molar-refractivity contribution in [3.63, 3.8) is 0 Å². The number of benzene rings is 6. The van der Waals surface area contributed by atoms with Gasteiger partial charge in [0.2, 0.25) is 0 Å². The van der Waals surface area contributed by atoms with Gasteiger partial charge in [0.25, 0.3) is 0 Å². The Balaban J connectivity index is 1.11. The quantitative estimate of drug-likeness (QED) is 0.187. The number of para-hydroxylation sites is 2. The highest BCUT2D eigenvalue weighted by Crippen LogP contribution is 2.58. The van der Waals surface area contributed by atoms with Crippen LogP contribution in [0.1, 0.15) is 48.8 Å². The van der Waals surface area contributed by atoms with Crippen LogP contribution in [0.25, 0.3) is 88.9 Å². The fourth-order valence-electron chi connectivity index (χ4n) is 9.19. The average Bonchev–Trinajstić information content (AvgIpc) is 3.86. The first-order valence-corrected chi connectivity index (χ1v) is 18.1. The predicted octanol–water partition coefficient (Wildman–Crippen LogP) is 12.4. The fourth-order valence-corrected chi connectivity index (χ4v) is 9.19. The number of rotatable bonds is 3. The van der Waals surface area contributed by atoms with Gasteiger partial charge in [-0.05, 0) is 95.3 Å². The minimum Gasteiger partial charge on any atom is -0.455 e. The third-order valence-corrected chi connectivity index (χ3v) is 11.6. The number of hydrogen-bond donors (Lipinski definition) is 0. The summed E-state index contributed by atoms with van der Waals surface area (Å²) in [5.41, 5.74) is 15.0. The Kier molecular flexibility index (Phi) is 6.18. The van der Waals surface area contributed by atoms with Crippen LogP contribution >= 0.6 is 0 Å². The molecule has 5 nitrogen and oxygen atoms in total. The van der Waals surface area contributed by atoms with Crippen LogP contribution in [0.4, 0.5) is 0 Å². The topological polar surface area (TPSA) is 75.8 Å². The number of furan rings is 2. The van der Waals surface area contributed by atoms with E-state index >= 15 is 0 Å². The number of nitrogens with zero attached hydrogens (tertiary/aromatic N) is 3. The molecule has 1 spiro atoms. The number of hydrogen-bond acceptors (Lipinski definition) is 5. The number of aromatic nitrogens is 2. The molecule has 0 atom stereocenters. The van der Waals surface area contributed by atoms with Crippen molar-refractivity contribution in [2.75, 3.05) is 0 Å². The Bertz CT molecular complexity index is 2950. The van der Waals surface area contributed by atoms with Crippen molar-refractivity contribution in [2.24, 2.45) is 0 Å². The van der Waals surface area contributed by atoms with E-state index in [9.17, 15) is 5.26 Å². The largest absolute Gasteiger partial charge is 0.455 e. The molecule has 0 bridgehead atoms. The van der Waals surface area contributed by atoms with E-state index in [4.69, 9.17) is 18.8 Å². The molecule has 6 aromatic carbocycles. The van der Waals surface area contributed by atoms with Crippen molar-refractivity contribution in [1.29, 1.82) is 5.26 Å². The third-order valence-electron chi connectivity index (χ3n) is 11.6. The molecule has 1 saturated carbocycles. The first-order valence-electron chi connectivity index (χ1n) is 18.1. The molecule has 0 unspecified atom stereocenters. The van der Waals surface area contributed by atoms with E-state index in [2.05, 4.69) is 78.9 Å². The van der Waals surface area contributed by atoms with Gasteiger partial charge in [0, 0.05) is 38.3 Å². The van der Waals surface area contributed by atoms with Crippen molar-refractivity contribution in [3.05, 3.63) is 144 Å². The van der Waals surface area contributed by atoms with Crippen molar-refractivity contribution in [3.8, 4) is 51.0 Å². The van der Waals surface area contributed by atoms with Crippen LogP contribution in [0, 0.1) is 11.3 Å². The van der Waals surface area contributed by atoms with E-state index in [1.165, 1.54) is 59.9 Å². The van der Waals surface area contributed by atoms with Gasteiger partial charge in [0.15, 0.2) is 11.4 Å². The summed E-state index contributed by atoms with van der Waals surface area (Å²) in [7, 11) is 0. The van der Waals surface area contributed by atoms with Gasteiger partial charge in [-0.15, -0.1) is 0 Å². The van der Waals surface area contributed by atoms with Crippen molar-refractivity contribution >= 4 is 44.0 Å². The maximum absolute atomic E-state index is 9.38. The smallest absolute Gasteiger partial charge is 0.180 e. The molecule has 2 aliphatic carbocycles. The molecule has 52 heavy (non-hydrogen) atoms. The monoisotopic (exact) mass is 669 g/mol. The lowest BCUT2D eigenvalue weighted by Gasteiger charge is -2.36. The zero-order valence-electron chi connectivity index (χ0n) is 28.3. The summed E-state index contributed by atoms with van der Waals surface area (Å²) >= 11 is 0. The summed E-state index contributed by atoms with van der Waals surface area (Å²) in [6, 6.07) is 46.3. The zero-order valence-corrected chi connectivity index (χ0v) is 28.3. The minimum atomic E-state index is 0.0903. The van der Waals surface area contributed by atoms with Crippen LogP contribution in [0.3, 0.4) is 0 Å². The van der Waals surface area contributed by atoms with E-state index < -0.39 is 0 Å². The zero-order chi connectivity index (χ0) is 34.4. The van der Waals surface area contributed by atoms with Crippen molar-refractivity contribution in [2.45, 2.75) is 37.5 Å². The molecule has 2 aliphatic rings. The molecule has 5 heteroatoms. The maximum atomic E-state index is 9.38. The van der Waals surface area contributed by atoms with Crippen LogP contribution in [-0.2, 0) is 5.41 Å². The molecule has 0 aliphatic heterocycles. The molecule has 3 aromatic heterocycles. The van der Waals surface area contributed by atoms with Gasteiger partial charge in [0.1, 0.15) is 28.0 Å². The van der Waals surface area contributed by atoms with E-state index in [-0.39, 0.29) is 5.41 Å². The van der Waals surface area contributed by atoms with E-state index in [0.717, 1.165) is 55.1 Å². The highest BCUT2D eigenvalue weighted by Gasteiger charge is 2.44. The Hall–Kier alpha value is -6.51.